The summed E-state index contributed by atoms with van der Waals surface area (Å²) >= 11 is 0. The number of rotatable bonds is 7. The highest BCUT2D eigenvalue weighted by molar-refractivity contribution is 5.89. The summed E-state index contributed by atoms with van der Waals surface area (Å²) in [5.74, 6) is 0.0885. The van der Waals surface area contributed by atoms with Crippen molar-refractivity contribution in [2.24, 2.45) is 0 Å². The lowest BCUT2D eigenvalue weighted by molar-refractivity contribution is 0.0234. The van der Waals surface area contributed by atoms with Gasteiger partial charge in [-0.05, 0) is 50.5 Å². The molecule has 13 nitrogen and oxygen atoms in total. The first-order valence-corrected chi connectivity index (χ1v) is 14.0. The van der Waals surface area contributed by atoms with Crippen LogP contribution in [0.25, 0.3) is 11.3 Å². The van der Waals surface area contributed by atoms with Crippen LogP contribution in [-0.4, -0.2) is 62.5 Å². The van der Waals surface area contributed by atoms with Gasteiger partial charge in [0.25, 0.3) is 0 Å². The molecule has 3 aromatic rings. The highest BCUT2D eigenvalue weighted by atomic mass is 16.6. The van der Waals surface area contributed by atoms with Gasteiger partial charge < -0.3 is 35.4 Å². The van der Waals surface area contributed by atoms with Crippen LogP contribution in [0.4, 0.5) is 10.7 Å². The molecule has 2 amide bonds. The fraction of sp³-hybridized carbons (Fsp3) is 0.433. The Morgan fingerprint density at radius 2 is 1.91 bits per heavy atom. The van der Waals surface area contributed by atoms with Gasteiger partial charge >= 0.3 is 17.9 Å². The third-order valence-corrected chi connectivity index (χ3v) is 6.45. The molecule has 0 saturated heterocycles. The van der Waals surface area contributed by atoms with Gasteiger partial charge in [0.2, 0.25) is 11.8 Å². The van der Waals surface area contributed by atoms with Crippen molar-refractivity contribution in [2.45, 2.75) is 71.6 Å². The molecule has 0 fully saturated rings. The molecule has 228 valence electrons. The predicted octanol–water partition coefficient (Wildman–Crippen LogP) is 4.56. The van der Waals surface area contributed by atoms with E-state index in [1.165, 1.54) is 0 Å². The zero-order valence-corrected chi connectivity index (χ0v) is 25.6. The van der Waals surface area contributed by atoms with Crippen LogP contribution >= 0.6 is 0 Å². The maximum Gasteiger partial charge on any atom is 0.410 e. The first-order chi connectivity index (χ1) is 20.3. The lowest BCUT2D eigenvalue weighted by Crippen LogP contribution is -2.37. The Kier molecular flexibility index (Phi) is 9.12. The van der Waals surface area contributed by atoms with E-state index in [-0.39, 0.29) is 12.4 Å². The molecule has 4 N–H and O–H groups in total. The number of hydrogen-bond acceptors (Lipinski definition) is 11. The monoisotopic (exact) mass is 589 g/mol. The van der Waals surface area contributed by atoms with E-state index in [9.17, 15) is 9.59 Å². The van der Waals surface area contributed by atoms with Gasteiger partial charge in [-0.15, -0.1) is 10.2 Å². The number of ether oxygens (including phenoxy) is 1. The number of carbonyl (C=O) groups excluding carboxylic acids is 2. The van der Waals surface area contributed by atoms with E-state index in [1.807, 2.05) is 59.7 Å². The molecule has 4 rings (SSSR count). The zero-order chi connectivity index (χ0) is 31.4. The quantitative estimate of drug-likeness (QED) is 0.286. The number of hydrogen-bond donors (Lipinski definition) is 4. The van der Waals surface area contributed by atoms with Crippen molar-refractivity contribution in [3.63, 3.8) is 0 Å². The summed E-state index contributed by atoms with van der Waals surface area (Å²) in [6.45, 7) is 11.9. The Morgan fingerprint density at radius 3 is 2.56 bits per heavy atom. The Hall–Kier alpha value is -4.81. The number of allylic oxidation sites excluding steroid dienone is 1. The fourth-order valence-electron chi connectivity index (χ4n) is 4.42. The van der Waals surface area contributed by atoms with E-state index in [4.69, 9.17) is 14.6 Å². The van der Waals surface area contributed by atoms with Gasteiger partial charge in [0, 0.05) is 49.7 Å². The lowest BCUT2D eigenvalue weighted by Gasteiger charge is -2.26. The summed E-state index contributed by atoms with van der Waals surface area (Å²) in [5, 5.41) is 24.5. The summed E-state index contributed by atoms with van der Waals surface area (Å²) in [5.41, 5.74) is 2.55. The maximum absolute atomic E-state index is 13.2. The lowest BCUT2D eigenvalue weighted by atomic mass is 9.96. The van der Waals surface area contributed by atoms with Crippen LogP contribution in [0.3, 0.4) is 0 Å². The third kappa shape index (κ3) is 7.93. The third-order valence-electron chi connectivity index (χ3n) is 6.45. The molecule has 0 aliphatic carbocycles. The molecule has 0 radical (unpaired) electrons. The molecule has 1 aliphatic heterocycles. The van der Waals surface area contributed by atoms with Gasteiger partial charge in [0.15, 0.2) is 0 Å². The largest absolute Gasteiger partial charge is 0.444 e. The van der Waals surface area contributed by atoms with Crippen LogP contribution < -0.4 is 16.0 Å². The van der Waals surface area contributed by atoms with Crippen molar-refractivity contribution in [3.8, 4) is 11.3 Å². The van der Waals surface area contributed by atoms with Crippen molar-refractivity contribution < 1.29 is 18.7 Å². The first kappa shape index (κ1) is 31.1. The fourth-order valence-corrected chi connectivity index (χ4v) is 4.42. The number of nitrogens with zero attached hydrogens (tertiary/aromatic N) is 5. The van der Waals surface area contributed by atoms with Crippen molar-refractivity contribution in [1.82, 2.24) is 35.7 Å². The standard InChI is InChI=1S/C30H39N9O4/c1-29(2,3)26-38-37-25(42-26)24(40)35-23-11-13-39(28(41)43-30(4,5)6)17-19-14-18(8-9-21(19)23)22-10-12-33-27(36-22)34-20(15-31)16-32-7/h8-10,12,14-16,23,31-32H,11,13,17H2,1-7H3,(H,35,40)(H,33,34,36)/b20-16+,31-15?. The molecule has 0 saturated carbocycles. The molecule has 13 heteroatoms. The molecule has 43 heavy (non-hydrogen) atoms. The summed E-state index contributed by atoms with van der Waals surface area (Å²) in [6, 6.07) is 7.15. The average Bonchev–Trinajstić information content (AvgIpc) is 3.38. The van der Waals surface area contributed by atoms with Gasteiger partial charge in [-0.3, -0.25) is 4.79 Å². The van der Waals surface area contributed by atoms with E-state index in [2.05, 4.69) is 36.1 Å². The number of benzene rings is 1. The molecule has 1 unspecified atom stereocenters. The second-order valence-electron chi connectivity index (χ2n) is 12.2. The van der Waals surface area contributed by atoms with E-state index in [0.29, 0.717) is 36.2 Å². The minimum absolute atomic E-state index is 0.117. The molecule has 0 spiro atoms. The maximum atomic E-state index is 13.2. The van der Waals surface area contributed by atoms with Gasteiger partial charge in [0.05, 0.1) is 17.4 Å². The van der Waals surface area contributed by atoms with Gasteiger partial charge in [-0.1, -0.05) is 32.9 Å². The molecule has 1 aromatic carbocycles. The summed E-state index contributed by atoms with van der Waals surface area (Å²) in [6.07, 6.45) is 4.43. The number of nitrogens with one attached hydrogen (secondary N) is 4. The number of carbonyl (C=O) groups is 2. The van der Waals surface area contributed by atoms with Crippen LogP contribution in [-0.2, 0) is 16.7 Å². The van der Waals surface area contributed by atoms with E-state index >= 15 is 0 Å². The predicted molar refractivity (Wildman–Crippen MR) is 161 cm³/mol. The number of amides is 2. The average molecular weight is 590 g/mol. The van der Waals surface area contributed by atoms with Crippen LogP contribution in [0.1, 0.15) is 81.7 Å². The Morgan fingerprint density at radius 1 is 1.14 bits per heavy atom. The van der Waals surface area contributed by atoms with Gasteiger partial charge in [0.1, 0.15) is 5.60 Å². The Labute approximate surface area is 251 Å². The summed E-state index contributed by atoms with van der Waals surface area (Å²) < 4.78 is 11.3. The molecule has 1 aliphatic rings. The number of aromatic nitrogens is 4. The van der Waals surface area contributed by atoms with Crippen molar-refractivity contribution in [1.29, 1.82) is 5.41 Å². The van der Waals surface area contributed by atoms with Crippen molar-refractivity contribution in [3.05, 3.63) is 65.3 Å². The summed E-state index contributed by atoms with van der Waals surface area (Å²) in [7, 11) is 1.74. The Bertz CT molecular complexity index is 1520. The molecule has 3 heterocycles. The normalized spacial score (nSPS) is 15.7. The van der Waals surface area contributed by atoms with Gasteiger partial charge in [-0.25, -0.2) is 14.8 Å². The van der Waals surface area contributed by atoms with Crippen LogP contribution in [0, 0.1) is 5.41 Å². The van der Waals surface area contributed by atoms with Crippen molar-refractivity contribution in [2.75, 3.05) is 18.9 Å². The molecule has 1 atom stereocenters. The number of anilines is 1. The smallest absolute Gasteiger partial charge is 0.410 e. The van der Waals surface area contributed by atoms with Crippen LogP contribution in [0.15, 0.2) is 46.8 Å². The minimum atomic E-state index is -0.661. The van der Waals surface area contributed by atoms with Crippen LogP contribution in [0.5, 0.6) is 0 Å². The zero-order valence-electron chi connectivity index (χ0n) is 25.6. The van der Waals surface area contributed by atoms with Crippen LogP contribution in [0.2, 0.25) is 0 Å². The van der Waals surface area contributed by atoms with E-state index in [0.717, 1.165) is 22.9 Å². The second-order valence-corrected chi connectivity index (χ2v) is 12.2. The molecule has 2 aromatic heterocycles. The number of fused-ring (bicyclic) bond motifs is 1. The minimum Gasteiger partial charge on any atom is -0.444 e. The van der Waals surface area contributed by atoms with E-state index < -0.39 is 29.1 Å². The topological polar surface area (TPSA) is 171 Å². The summed E-state index contributed by atoms with van der Waals surface area (Å²) in [4.78, 5) is 36.9. The molecular formula is C30H39N9O4. The SMILES string of the molecule is CN/C=C(\C=N)Nc1nccc(-c2ccc3c(c2)CN(C(=O)OC(C)(C)C)CCC3NC(=O)c2nnc(C(C)(C)C)o2)n1. The van der Waals surface area contributed by atoms with E-state index in [1.54, 1.807) is 30.4 Å². The highest BCUT2D eigenvalue weighted by Crippen LogP contribution is 2.32. The Balaban J connectivity index is 1.67. The van der Waals surface area contributed by atoms with Gasteiger partial charge in [-0.2, -0.15) is 0 Å². The molecule has 0 bridgehead atoms. The highest BCUT2D eigenvalue weighted by Gasteiger charge is 2.31. The second kappa shape index (κ2) is 12.6. The van der Waals surface area contributed by atoms with Crippen molar-refractivity contribution >= 4 is 24.2 Å². The molecular weight excluding hydrogens is 550 g/mol. The first-order valence-electron chi connectivity index (χ1n) is 14.0.